The average molecular weight is 503 g/mol. The fraction of sp³-hybridized carbons (Fsp3) is 0.500. The molecular formula is C28H39O6P. The minimum absolute atomic E-state index is 0.0361. The number of phenols is 1. The molecule has 0 saturated carbocycles. The molecule has 6 nitrogen and oxygen atoms in total. The summed E-state index contributed by atoms with van der Waals surface area (Å²) in [4.78, 5) is 0. The lowest BCUT2D eigenvalue weighted by molar-refractivity contribution is -0.0973. The summed E-state index contributed by atoms with van der Waals surface area (Å²) in [6.45, 7) is 7.61. The molecule has 3 rings (SSSR count). The standard InChI is InChI=1S/C28H39O6P/c1-6-7-9-14-22-19-25(29)27(23-15-12-13-21(2)18-23)26(20-22)32-28(3,4)34-35(30,31-5)33-24-16-10-8-11-17-24/h8,10-11,16-20,23,29H,6-7,9,12-15H2,1-5H3. The number of unbranched alkanes of at least 4 members (excludes halogenated alkanes) is 2. The highest BCUT2D eigenvalue weighted by atomic mass is 31.2. The van der Waals surface area contributed by atoms with E-state index in [2.05, 4.69) is 19.9 Å². The van der Waals surface area contributed by atoms with Gasteiger partial charge in [-0.2, -0.15) is 0 Å². The van der Waals surface area contributed by atoms with E-state index in [1.165, 1.54) is 12.7 Å². The van der Waals surface area contributed by atoms with Crippen molar-refractivity contribution in [3.63, 3.8) is 0 Å². The summed E-state index contributed by atoms with van der Waals surface area (Å²) in [6.07, 6.45) is 9.34. The summed E-state index contributed by atoms with van der Waals surface area (Å²) in [6, 6.07) is 12.6. The Morgan fingerprint density at radius 2 is 1.89 bits per heavy atom. The van der Waals surface area contributed by atoms with Gasteiger partial charge in [-0.15, -0.1) is 0 Å². The number of phosphoric acid groups is 1. The molecule has 0 heterocycles. The predicted octanol–water partition coefficient (Wildman–Crippen LogP) is 8.30. The van der Waals surface area contributed by atoms with E-state index in [1.54, 1.807) is 38.1 Å². The number of hydrogen-bond donors (Lipinski definition) is 1. The van der Waals surface area contributed by atoms with Crippen molar-refractivity contribution in [1.29, 1.82) is 0 Å². The lowest BCUT2D eigenvalue weighted by Gasteiger charge is -2.32. The van der Waals surface area contributed by atoms with Crippen molar-refractivity contribution in [3.05, 3.63) is 65.2 Å². The Kier molecular flexibility index (Phi) is 9.46. The molecule has 1 aliphatic carbocycles. The molecule has 0 spiro atoms. The highest BCUT2D eigenvalue weighted by molar-refractivity contribution is 7.48. The van der Waals surface area contributed by atoms with Crippen LogP contribution in [0.1, 0.15) is 83.3 Å². The molecule has 0 bridgehead atoms. The van der Waals surface area contributed by atoms with Crippen LogP contribution in [0.15, 0.2) is 54.1 Å². The zero-order valence-corrected chi connectivity index (χ0v) is 22.5. The monoisotopic (exact) mass is 502 g/mol. The highest BCUT2D eigenvalue weighted by Gasteiger charge is 2.38. The number of aryl methyl sites for hydroxylation is 1. The van der Waals surface area contributed by atoms with E-state index in [9.17, 15) is 9.67 Å². The minimum atomic E-state index is -3.98. The van der Waals surface area contributed by atoms with Crippen LogP contribution in [0.4, 0.5) is 0 Å². The second-order valence-corrected chi connectivity index (χ2v) is 11.2. The van der Waals surface area contributed by atoms with Gasteiger partial charge in [-0.05, 0) is 68.9 Å². The number of allylic oxidation sites excluding steroid dienone is 2. The molecule has 2 aromatic carbocycles. The number of para-hydroxylation sites is 1. The maximum Gasteiger partial charge on any atom is 0.533 e. The van der Waals surface area contributed by atoms with E-state index >= 15 is 0 Å². The van der Waals surface area contributed by atoms with Crippen LogP contribution in [-0.4, -0.2) is 18.0 Å². The largest absolute Gasteiger partial charge is 0.533 e. The number of aromatic hydroxyl groups is 1. The van der Waals surface area contributed by atoms with Gasteiger partial charge >= 0.3 is 7.82 Å². The predicted molar refractivity (Wildman–Crippen MR) is 139 cm³/mol. The first-order valence-corrected chi connectivity index (χ1v) is 13.9. The Morgan fingerprint density at radius 1 is 1.14 bits per heavy atom. The van der Waals surface area contributed by atoms with Crippen molar-refractivity contribution >= 4 is 7.82 Å². The van der Waals surface area contributed by atoms with E-state index in [0.29, 0.717) is 11.5 Å². The van der Waals surface area contributed by atoms with Gasteiger partial charge in [0.2, 0.25) is 5.79 Å². The van der Waals surface area contributed by atoms with Gasteiger partial charge in [0.1, 0.15) is 17.2 Å². The summed E-state index contributed by atoms with van der Waals surface area (Å²) in [5.41, 5.74) is 3.03. The fourth-order valence-electron chi connectivity index (χ4n) is 4.44. The lowest BCUT2D eigenvalue weighted by atomic mass is 9.84. The number of rotatable bonds is 12. The van der Waals surface area contributed by atoms with Gasteiger partial charge in [-0.3, -0.25) is 4.52 Å². The topological polar surface area (TPSA) is 74.2 Å². The molecule has 192 valence electrons. The lowest BCUT2D eigenvalue weighted by Crippen LogP contribution is -2.32. The molecule has 35 heavy (non-hydrogen) atoms. The Balaban J connectivity index is 1.91. The van der Waals surface area contributed by atoms with Gasteiger partial charge in [0.15, 0.2) is 0 Å². The summed E-state index contributed by atoms with van der Waals surface area (Å²) in [5, 5.41) is 11.1. The normalized spacial score (nSPS) is 18.0. The van der Waals surface area contributed by atoms with Gasteiger partial charge in [-0.25, -0.2) is 9.09 Å². The summed E-state index contributed by atoms with van der Waals surface area (Å²) in [7, 11) is -2.70. The van der Waals surface area contributed by atoms with E-state index in [4.69, 9.17) is 18.3 Å². The highest BCUT2D eigenvalue weighted by Crippen LogP contribution is 2.53. The Labute approximate surface area is 209 Å². The molecule has 0 saturated heterocycles. The van der Waals surface area contributed by atoms with Crippen LogP contribution in [0, 0.1) is 0 Å². The third-order valence-corrected chi connectivity index (χ3v) is 7.61. The molecule has 2 atom stereocenters. The van der Waals surface area contributed by atoms with Crippen molar-refractivity contribution in [2.75, 3.05) is 7.11 Å². The van der Waals surface area contributed by atoms with Gasteiger partial charge in [0.25, 0.3) is 0 Å². The molecule has 1 N–H and O–H groups in total. The van der Waals surface area contributed by atoms with E-state index in [0.717, 1.165) is 56.1 Å². The molecule has 0 aromatic heterocycles. The number of benzene rings is 2. The fourth-order valence-corrected chi connectivity index (χ4v) is 5.58. The Bertz CT molecular complexity index is 1050. The number of phosphoric ester groups is 1. The first kappa shape index (κ1) is 27.3. The average Bonchev–Trinajstić information content (AvgIpc) is 2.79. The van der Waals surface area contributed by atoms with Crippen molar-refractivity contribution in [2.24, 2.45) is 0 Å². The van der Waals surface area contributed by atoms with Crippen molar-refractivity contribution in [1.82, 2.24) is 0 Å². The van der Waals surface area contributed by atoms with Crippen LogP contribution in [0.5, 0.6) is 17.2 Å². The molecule has 0 amide bonds. The van der Waals surface area contributed by atoms with Crippen LogP contribution < -0.4 is 9.26 Å². The maximum absolute atomic E-state index is 13.3. The third kappa shape index (κ3) is 7.86. The third-order valence-electron chi connectivity index (χ3n) is 6.06. The van der Waals surface area contributed by atoms with Crippen LogP contribution >= 0.6 is 7.82 Å². The molecule has 1 aliphatic rings. The molecule has 2 unspecified atom stereocenters. The zero-order valence-electron chi connectivity index (χ0n) is 21.6. The van der Waals surface area contributed by atoms with E-state index in [1.807, 2.05) is 18.2 Å². The zero-order chi connectivity index (χ0) is 25.5. The van der Waals surface area contributed by atoms with Gasteiger partial charge in [-0.1, -0.05) is 49.6 Å². The van der Waals surface area contributed by atoms with E-state index in [-0.39, 0.29) is 11.7 Å². The molecule has 0 aliphatic heterocycles. The molecular weight excluding hydrogens is 463 g/mol. The Morgan fingerprint density at radius 3 is 2.54 bits per heavy atom. The number of phenolic OH excluding ortho intramolecular Hbond substituents is 1. The quantitative estimate of drug-likeness (QED) is 0.136. The first-order chi connectivity index (χ1) is 16.6. The SMILES string of the molecule is CCCCCc1cc(O)c(C2C=C(C)CCC2)c(OC(C)(C)OP(=O)(OC)Oc2ccccc2)c1. The van der Waals surface area contributed by atoms with Crippen LogP contribution in [-0.2, 0) is 20.0 Å². The van der Waals surface area contributed by atoms with E-state index < -0.39 is 13.6 Å². The van der Waals surface area contributed by atoms with Crippen LogP contribution in [0.25, 0.3) is 0 Å². The molecule has 7 heteroatoms. The summed E-state index contributed by atoms with van der Waals surface area (Å²) >= 11 is 0. The summed E-state index contributed by atoms with van der Waals surface area (Å²) < 4.78 is 36.2. The molecule has 0 fully saturated rings. The molecule has 2 aromatic rings. The second-order valence-electron chi connectivity index (χ2n) is 9.62. The van der Waals surface area contributed by atoms with Crippen molar-refractivity contribution in [3.8, 4) is 17.2 Å². The number of ether oxygens (including phenoxy) is 1. The van der Waals surface area contributed by atoms with Gasteiger partial charge in [0.05, 0.1) is 0 Å². The maximum atomic E-state index is 13.3. The van der Waals surface area contributed by atoms with Crippen LogP contribution in [0.2, 0.25) is 0 Å². The minimum Gasteiger partial charge on any atom is -0.507 e. The van der Waals surface area contributed by atoms with Gasteiger partial charge < -0.3 is 14.4 Å². The smallest absolute Gasteiger partial charge is 0.507 e. The number of hydrogen-bond acceptors (Lipinski definition) is 6. The molecule has 0 radical (unpaired) electrons. The van der Waals surface area contributed by atoms with Crippen molar-refractivity contribution < 1.29 is 28.0 Å². The first-order valence-electron chi connectivity index (χ1n) is 12.5. The van der Waals surface area contributed by atoms with Crippen LogP contribution in [0.3, 0.4) is 0 Å². The van der Waals surface area contributed by atoms with Gasteiger partial charge in [0, 0.05) is 32.4 Å². The second kappa shape index (κ2) is 12.1. The summed E-state index contributed by atoms with van der Waals surface area (Å²) in [5.74, 6) is -0.214. The Hall–Kier alpha value is -2.27. The van der Waals surface area contributed by atoms with Crippen molar-refractivity contribution in [2.45, 2.75) is 84.3 Å².